The van der Waals surface area contributed by atoms with E-state index in [-0.39, 0.29) is 6.04 Å². The molecule has 0 heterocycles. The van der Waals surface area contributed by atoms with E-state index in [9.17, 15) is 0 Å². The summed E-state index contributed by atoms with van der Waals surface area (Å²) in [6.45, 7) is 11.4. The minimum absolute atomic E-state index is 0.268. The molecule has 2 nitrogen and oxygen atoms in total. The smallest absolute Gasteiger partial charge is 0.0495 e. The number of hydrogen-bond acceptors (Lipinski definition) is 2. The molecule has 1 aromatic carbocycles. The van der Waals surface area contributed by atoms with Crippen molar-refractivity contribution in [1.29, 1.82) is 0 Å². The Kier molecular flexibility index (Phi) is 4.55. The van der Waals surface area contributed by atoms with Crippen molar-refractivity contribution in [1.82, 2.24) is 5.43 Å². The van der Waals surface area contributed by atoms with Gasteiger partial charge < -0.3 is 0 Å². The summed E-state index contributed by atoms with van der Waals surface area (Å²) in [4.78, 5) is 0. The van der Waals surface area contributed by atoms with Crippen LogP contribution < -0.4 is 11.3 Å². The number of hydrogen-bond donors (Lipinski definition) is 2. The van der Waals surface area contributed by atoms with Gasteiger partial charge in [-0.1, -0.05) is 38.8 Å². The maximum absolute atomic E-state index is 5.96. The van der Waals surface area contributed by atoms with Crippen LogP contribution in [0.5, 0.6) is 0 Å². The molecule has 1 aromatic rings. The molecule has 0 saturated heterocycles. The normalized spacial score (nSPS) is 23.6. The molecular weight excluding hydrogens is 244 g/mol. The Morgan fingerprint density at radius 3 is 2.35 bits per heavy atom. The largest absolute Gasteiger partial charge is 0.271 e. The van der Waals surface area contributed by atoms with Crippen LogP contribution in [-0.2, 0) is 0 Å². The maximum atomic E-state index is 5.96. The monoisotopic (exact) mass is 274 g/mol. The van der Waals surface area contributed by atoms with Crippen molar-refractivity contribution in [3.05, 3.63) is 34.4 Å². The van der Waals surface area contributed by atoms with E-state index in [2.05, 4.69) is 52.2 Å². The average molecular weight is 274 g/mol. The lowest BCUT2D eigenvalue weighted by Crippen LogP contribution is -2.42. The number of benzene rings is 1. The van der Waals surface area contributed by atoms with E-state index >= 15 is 0 Å². The van der Waals surface area contributed by atoms with Crippen molar-refractivity contribution in [3.8, 4) is 0 Å². The summed E-state index contributed by atoms with van der Waals surface area (Å²) in [5.74, 6) is 6.58. The van der Waals surface area contributed by atoms with Crippen LogP contribution in [0.2, 0.25) is 0 Å². The molecule has 2 atom stereocenters. The molecule has 0 amide bonds. The van der Waals surface area contributed by atoms with E-state index in [0.29, 0.717) is 11.3 Å². The Hall–Kier alpha value is -0.860. The molecule has 1 aliphatic carbocycles. The molecule has 2 rings (SSSR count). The van der Waals surface area contributed by atoms with Gasteiger partial charge in [0.05, 0.1) is 0 Å². The first-order valence-corrected chi connectivity index (χ1v) is 7.90. The zero-order chi connectivity index (χ0) is 14.9. The Bertz CT molecular complexity index is 477. The third-order valence-electron chi connectivity index (χ3n) is 5.39. The molecule has 2 heteroatoms. The molecule has 3 N–H and O–H groups in total. The number of hydrazine groups is 1. The van der Waals surface area contributed by atoms with Gasteiger partial charge in [-0.05, 0) is 67.2 Å². The van der Waals surface area contributed by atoms with Crippen molar-refractivity contribution in [2.75, 3.05) is 0 Å². The summed E-state index contributed by atoms with van der Waals surface area (Å²) in [5, 5.41) is 0. The molecule has 1 aliphatic rings. The summed E-state index contributed by atoms with van der Waals surface area (Å²) < 4.78 is 0. The highest BCUT2D eigenvalue weighted by Crippen LogP contribution is 2.47. The number of aryl methyl sites for hydroxylation is 3. The fourth-order valence-electron chi connectivity index (χ4n) is 3.88. The quantitative estimate of drug-likeness (QED) is 0.636. The first-order chi connectivity index (χ1) is 9.36. The third kappa shape index (κ3) is 2.91. The van der Waals surface area contributed by atoms with E-state index < -0.39 is 0 Å². The van der Waals surface area contributed by atoms with Gasteiger partial charge in [0.1, 0.15) is 0 Å². The SMILES string of the molecule is Cc1cc(C)c(C(NN)C2CCCCC2(C)C)cc1C. The van der Waals surface area contributed by atoms with E-state index in [0.717, 1.165) is 0 Å². The fraction of sp³-hybridized carbons (Fsp3) is 0.667. The highest BCUT2D eigenvalue weighted by atomic mass is 15.2. The van der Waals surface area contributed by atoms with Crippen LogP contribution in [0.25, 0.3) is 0 Å². The minimum atomic E-state index is 0.268. The predicted molar refractivity (Wildman–Crippen MR) is 86.5 cm³/mol. The summed E-state index contributed by atoms with van der Waals surface area (Å²) in [6, 6.07) is 4.90. The van der Waals surface area contributed by atoms with Gasteiger partial charge in [-0.25, -0.2) is 0 Å². The Labute approximate surface area is 124 Å². The van der Waals surface area contributed by atoms with E-state index in [1.165, 1.54) is 47.9 Å². The van der Waals surface area contributed by atoms with Crippen LogP contribution in [0.15, 0.2) is 12.1 Å². The molecule has 0 spiro atoms. The topological polar surface area (TPSA) is 38.0 Å². The first kappa shape index (κ1) is 15.5. The van der Waals surface area contributed by atoms with Crippen LogP contribution in [0, 0.1) is 32.1 Å². The van der Waals surface area contributed by atoms with Crippen LogP contribution >= 0.6 is 0 Å². The average Bonchev–Trinajstić information content (AvgIpc) is 2.37. The molecule has 1 fully saturated rings. The van der Waals surface area contributed by atoms with Crippen LogP contribution in [-0.4, -0.2) is 0 Å². The lowest BCUT2D eigenvalue weighted by molar-refractivity contribution is 0.0980. The van der Waals surface area contributed by atoms with Crippen LogP contribution in [0.3, 0.4) is 0 Å². The molecular formula is C18H30N2. The van der Waals surface area contributed by atoms with Gasteiger partial charge in [0.25, 0.3) is 0 Å². The Morgan fingerprint density at radius 1 is 1.10 bits per heavy atom. The van der Waals surface area contributed by atoms with Gasteiger partial charge in [0, 0.05) is 6.04 Å². The molecule has 0 radical (unpaired) electrons. The van der Waals surface area contributed by atoms with E-state index in [1.54, 1.807) is 0 Å². The fourth-order valence-corrected chi connectivity index (χ4v) is 3.88. The van der Waals surface area contributed by atoms with Crippen LogP contribution in [0.1, 0.15) is 67.8 Å². The summed E-state index contributed by atoms with van der Waals surface area (Å²) >= 11 is 0. The van der Waals surface area contributed by atoms with Crippen molar-refractivity contribution in [2.24, 2.45) is 17.2 Å². The summed E-state index contributed by atoms with van der Waals surface area (Å²) in [5.41, 5.74) is 8.96. The molecule has 0 bridgehead atoms. The Balaban J connectivity index is 2.39. The lowest BCUT2D eigenvalue weighted by atomic mass is 9.64. The number of nitrogens with two attached hydrogens (primary N) is 1. The van der Waals surface area contributed by atoms with Crippen molar-refractivity contribution in [2.45, 2.75) is 66.3 Å². The summed E-state index contributed by atoms with van der Waals surface area (Å²) in [7, 11) is 0. The molecule has 0 aromatic heterocycles. The number of nitrogens with one attached hydrogen (secondary N) is 1. The second kappa shape index (κ2) is 5.87. The Morgan fingerprint density at radius 2 is 1.75 bits per heavy atom. The van der Waals surface area contributed by atoms with Gasteiger partial charge >= 0.3 is 0 Å². The van der Waals surface area contributed by atoms with Gasteiger partial charge in [-0.2, -0.15) is 0 Å². The van der Waals surface area contributed by atoms with Gasteiger partial charge in [0.15, 0.2) is 0 Å². The second-order valence-electron chi connectivity index (χ2n) is 7.28. The van der Waals surface area contributed by atoms with Crippen molar-refractivity contribution in [3.63, 3.8) is 0 Å². The highest BCUT2D eigenvalue weighted by Gasteiger charge is 2.38. The second-order valence-corrected chi connectivity index (χ2v) is 7.28. The van der Waals surface area contributed by atoms with Gasteiger partial charge in [0.2, 0.25) is 0 Å². The van der Waals surface area contributed by atoms with Crippen molar-refractivity contribution < 1.29 is 0 Å². The zero-order valence-corrected chi connectivity index (χ0v) is 13.7. The standard InChI is InChI=1S/C18H30N2/c1-12-10-14(3)15(11-13(12)2)17(20-19)16-8-6-7-9-18(16,4)5/h10-11,16-17,20H,6-9,19H2,1-5H3. The van der Waals surface area contributed by atoms with Gasteiger partial charge in [-0.3, -0.25) is 11.3 Å². The molecule has 20 heavy (non-hydrogen) atoms. The van der Waals surface area contributed by atoms with E-state index in [4.69, 9.17) is 5.84 Å². The van der Waals surface area contributed by atoms with E-state index in [1.807, 2.05) is 0 Å². The molecule has 1 saturated carbocycles. The first-order valence-electron chi connectivity index (χ1n) is 7.90. The molecule has 0 aliphatic heterocycles. The highest BCUT2D eigenvalue weighted by molar-refractivity contribution is 5.38. The lowest BCUT2D eigenvalue weighted by Gasteiger charge is -2.43. The summed E-state index contributed by atoms with van der Waals surface area (Å²) in [6.07, 6.45) is 5.26. The minimum Gasteiger partial charge on any atom is -0.271 e. The van der Waals surface area contributed by atoms with Crippen molar-refractivity contribution >= 4 is 0 Å². The third-order valence-corrected chi connectivity index (χ3v) is 5.39. The molecule has 112 valence electrons. The van der Waals surface area contributed by atoms with Crippen LogP contribution in [0.4, 0.5) is 0 Å². The predicted octanol–water partition coefficient (Wildman–Crippen LogP) is 4.33. The zero-order valence-electron chi connectivity index (χ0n) is 13.7. The van der Waals surface area contributed by atoms with Gasteiger partial charge in [-0.15, -0.1) is 0 Å². The maximum Gasteiger partial charge on any atom is 0.0495 e. The number of rotatable bonds is 3. The molecule has 2 unspecified atom stereocenters.